The second-order valence-electron chi connectivity index (χ2n) is 5.13. The molecule has 1 fully saturated rings. The first-order valence-corrected chi connectivity index (χ1v) is 6.54. The molecule has 0 radical (unpaired) electrons. The summed E-state index contributed by atoms with van der Waals surface area (Å²) < 4.78 is 0. The van der Waals surface area contributed by atoms with Crippen molar-refractivity contribution in [3.63, 3.8) is 0 Å². The van der Waals surface area contributed by atoms with Crippen LogP contribution in [0.25, 0.3) is 0 Å². The molecule has 1 aromatic carbocycles. The lowest BCUT2D eigenvalue weighted by Crippen LogP contribution is -2.37. The van der Waals surface area contributed by atoms with E-state index in [1.54, 1.807) is 6.07 Å². The van der Waals surface area contributed by atoms with Crippen LogP contribution in [0, 0.1) is 5.92 Å². The summed E-state index contributed by atoms with van der Waals surface area (Å²) in [6.45, 7) is 0.723. The number of anilines is 2. The van der Waals surface area contributed by atoms with Crippen LogP contribution < -0.4 is 16.4 Å². The number of hydrogen-bond acceptors (Lipinski definition) is 4. The van der Waals surface area contributed by atoms with Gasteiger partial charge in [-0.2, -0.15) is 0 Å². The van der Waals surface area contributed by atoms with E-state index in [4.69, 9.17) is 23.1 Å². The van der Waals surface area contributed by atoms with Gasteiger partial charge in [0, 0.05) is 19.3 Å². The first-order chi connectivity index (χ1) is 8.88. The number of benzene rings is 1. The van der Waals surface area contributed by atoms with Crippen molar-refractivity contribution in [3.8, 4) is 0 Å². The molecule has 5 N–H and O–H groups in total. The Bertz CT molecular complexity index is 501. The summed E-state index contributed by atoms with van der Waals surface area (Å²) in [5.74, 6) is -0.140. The van der Waals surface area contributed by atoms with Crippen molar-refractivity contribution in [1.82, 2.24) is 0 Å². The van der Waals surface area contributed by atoms with Crippen molar-refractivity contribution >= 4 is 28.9 Å². The van der Waals surface area contributed by atoms with Crippen LogP contribution >= 0.6 is 11.6 Å². The van der Waals surface area contributed by atoms with E-state index in [1.165, 1.54) is 6.07 Å². The van der Waals surface area contributed by atoms with Crippen LogP contribution in [0.1, 0.15) is 23.2 Å². The van der Waals surface area contributed by atoms with Gasteiger partial charge in [0.05, 0.1) is 22.4 Å². The monoisotopic (exact) mass is 283 g/mol. The molecule has 6 heteroatoms. The third kappa shape index (κ3) is 2.93. The second kappa shape index (κ2) is 5.27. The van der Waals surface area contributed by atoms with E-state index in [0.717, 1.165) is 19.4 Å². The van der Waals surface area contributed by atoms with Crippen LogP contribution in [-0.2, 0) is 0 Å². The van der Waals surface area contributed by atoms with Crippen LogP contribution in [0.2, 0.25) is 5.02 Å². The molecule has 0 unspecified atom stereocenters. The fourth-order valence-corrected chi connectivity index (χ4v) is 2.90. The standard InChI is InChI=1S/C13H18ClN3O2/c1-17(6-7-2-9(18)3-7)12-10(13(16)19)4-8(15)5-11(12)14/h4-5,7,9,18H,2-3,6,15H2,1H3,(H2,16,19). The van der Waals surface area contributed by atoms with Gasteiger partial charge in [0.25, 0.3) is 5.91 Å². The first-order valence-electron chi connectivity index (χ1n) is 6.16. The van der Waals surface area contributed by atoms with E-state index in [1.807, 2.05) is 11.9 Å². The molecule has 1 saturated carbocycles. The van der Waals surface area contributed by atoms with Crippen molar-refractivity contribution in [1.29, 1.82) is 0 Å². The van der Waals surface area contributed by atoms with Gasteiger partial charge in [0.15, 0.2) is 0 Å². The number of nitrogens with zero attached hydrogens (tertiary/aromatic N) is 1. The lowest BCUT2D eigenvalue weighted by Gasteiger charge is -2.36. The number of nitrogens with two attached hydrogens (primary N) is 2. The van der Waals surface area contributed by atoms with Crippen LogP contribution in [0.5, 0.6) is 0 Å². The van der Waals surface area contributed by atoms with Crippen LogP contribution in [0.4, 0.5) is 11.4 Å². The highest BCUT2D eigenvalue weighted by atomic mass is 35.5. The van der Waals surface area contributed by atoms with Crippen molar-refractivity contribution in [3.05, 3.63) is 22.7 Å². The zero-order valence-electron chi connectivity index (χ0n) is 10.8. The van der Waals surface area contributed by atoms with Gasteiger partial charge in [0.2, 0.25) is 0 Å². The van der Waals surface area contributed by atoms with Crippen LogP contribution in [0.15, 0.2) is 12.1 Å². The molecule has 1 amide bonds. The minimum Gasteiger partial charge on any atom is -0.399 e. The van der Waals surface area contributed by atoms with Crippen molar-refractivity contribution in [2.75, 3.05) is 24.2 Å². The van der Waals surface area contributed by atoms with Gasteiger partial charge >= 0.3 is 0 Å². The topological polar surface area (TPSA) is 92.6 Å². The van der Waals surface area contributed by atoms with Gasteiger partial charge in [0.1, 0.15) is 0 Å². The summed E-state index contributed by atoms with van der Waals surface area (Å²) in [7, 11) is 1.86. The summed E-state index contributed by atoms with van der Waals surface area (Å²) >= 11 is 6.17. The highest BCUT2D eigenvalue weighted by Gasteiger charge is 2.29. The SMILES string of the molecule is CN(CC1CC(O)C1)c1c(Cl)cc(N)cc1C(N)=O. The number of carbonyl (C=O) groups excluding carboxylic acids is 1. The van der Waals surface area contributed by atoms with Crippen molar-refractivity contribution in [2.24, 2.45) is 11.7 Å². The number of aliphatic hydroxyl groups excluding tert-OH is 1. The summed E-state index contributed by atoms with van der Waals surface area (Å²) in [5.41, 5.74) is 12.4. The molecule has 19 heavy (non-hydrogen) atoms. The second-order valence-corrected chi connectivity index (χ2v) is 5.54. The van der Waals surface area contributed by atoms with Gasteiger partial charge in [-0.3, -0.25) is 4.79 Å². The Morgan fingerprint density at radius 2 is 2.16 bits per heavy atom. The Morgan fingerprint density at radius 3 is 2.68 bits per heavy atom. The van der Waals surface area contributed by atoms with E-state index in [-0.39, 0.29) is 6.10 Å². The van der Waals surface area contributed by atoms with Crippen molar-refractivity contribution in [2.45, 2.75) is 18.9 Å². The van der Waals surface area contributed by atoms with Gasteiger partial charge in [-0.25, -0.2) is 0 Å². The Labute approximate surface area is 117 Å². The number of halogens is 1. The maximum Gasteiger partial charge on any atom is 0.250 e. The Hall–Kier alpha value is -1.46. The average molecular weight is 284 g/mol. The normalized spacial score (nSPS) is 21.8. The van der Waals surface area contributed by atoms with Gasteiger partial charge in [-0.1, -0.05) is 11.6 Å². The fourth-order valence-electron chi connectivity index (χ4n) is 2.52. The molecular weight excluding hydrogens is 266 g/mol. The molecular formula is C13H18ClN3O2. The highest BCUT2D eigenvalue weighted by Crippen LogP contribution is 2.35. The molecule has 5 nitrogen and oxygen atoms in total. The lowest BCUT2D eigenvalue weighted by molar-refractivity contribution is 0.0464. The Balaban J connectivity index is 2.24. The largest absolute Gasteiger partial charge is 0.399 e. The first kappa shape index (κ1) is 14.0. The molecule has 0 aliphatic heterocycles. The highest BCUT2D eigenvalue weighted by molar-refractivity contribution is 6.34. The summed E-state index contributed by atoms with van der Waals surface area (Å²) in [6, 6.07) is 3.14. The third-order valence-corrected chi connectivity index (χ3v) is 3.76. The molecule has 104 valence electrons. The molecule has 1 aliphatic carbocycles. The zero-order chi connectivity index (χ0) is 14.2. The van der Waals surface area contributed by atoms with Crippen LogP contribution in [0.3, 0.4) is 0 Å². The lowest BCUT2D eigenvalue weighted by atomic mass is 9.82. The molecule has 1 aliphatic rings. The maximum absolute atomic E-state index is 11.5. The summed E-state index contributed by atoms with van der Waals surface area (Å²) in [5, 5.41) is 9.71. The number of aliphatic hydroxyl groups is 1. The van der Waals surface area contributed by atoms with E-state index in [9.17, 15) is 9.90 Å². The number of nitrogen functional groups attached to an aromatic ring is 1. The minimum absolute atomic E-state index is 0.198. The van der Waals surface area contributed by atoms with E-state index < -0.39 is 5.91 Å². The number of amides is 1. The summed E-state index contributed by atoms with van der Waals surface area (Å²) in [4.78, 5) is 13.4. The van der Waals surface area contributed by atoms with Gasteiger partial charge in [-0.15, -0.1) is 0 Å². The van der Waals surface area contributed by atoms with Crippen LogP contribution in [-0.4, -0.2) is 30.7 Å². The zero-order valence-corrected chi connectivity index (χ0v) is 11.5. The fraction of sp³-hybridized carbons (Fsp3) is 0.462. The Kier molecular flexibility index (Phi) is 3.87. The molecule has 0 bridgehead atoms. The molecule has 0 aromatic heterocycles. The predicted molar refractivity (Wildman–Crippen MR) is 76.4 cm³/mol. The van der Waals surface area contributed by atoms with E-state index in [0.29, 0.717) is 27.9 Å². The molecule has 0 saturated heterocycles. The number of carbonyl (C=O) groups is 1. The predicted octanol–water partition coefficient (Wildman–Crippen LogP) is 1.23. The van der Waals surface area contributed by atoms with E-state index >= 15 is 0 Å². The molecule has 0 spiro atoms. The van der Waals surface area contributed by atoms with Crippen molar-refractivity contribution < 1.29 is 9.90 Å². The Morgan fingerprint density at radius 1 is 1.53 bits per heavy atom. The maximum atomic E-state index is 11.5. The van der Waals surface area contributed by atoms with E-state index in [2.05, 4.69) is 0 Å². The number of rotatable bonds is 4. The average Bonchev–Trinajstić information content (AvgIpc) is 2.25. The minimum atomic E-state index is -0.551. The number of hydrogen-bond donors (Lipinski definition) is 3. The van der Waals surface area contributed by atoms with Gasteiger partial charge < -0.3 is 21.5 Å². The summed E-state index contributed by atoms with van der Waals surface area (Å²) in [6.07, 6.45) is 1.36. The smallest absolute Gasteiger partial charge is 0.250 e. The molecule has 0 atom stereocenters. The third-order valence-electron chi connectivity index (χ3n) is 3.48. The van der Waals surface area contributed by atoms with Gasteiger partial charge in [-0.05, 0) is 30.9 Å². The molecule has 2 rings (SSSR count). The molecule has 0 heterocycles. The molecule has 1 aromatic rings. The quantitative estimate of drug-likeness (QED) is 0.725. The number of primary amides is 1.